The Morgan fingerprint density at radius 1 is 1.23 bits per heavy atom. The molecule has 3 N–H and O–H groups in total. The van der Waals surface area contributed by atoms with Crippen molar-refractivity contribution in [2.45, 2.75) is 57.1 Å². The molecule has 2 unspecified atom stereocenters. The van der Waals surface area contributed by atoms with E-state index in [-0.39, 0.29) is 30.4 Å². The number of nitro groups is 1. The van der Waals surface area contributed by atoms with E-state index in [1.54, 1.807) is 18.3 Å². The largest absolute Gasteiger partial charge is 0.659 e. The molecule has 0 radical (unpaired) electrons. The average Bonchev–Trinajstić information content (AvgIpc) is 3.30. The summed E-state index contributed by atoms with van der Waals surface area (Å²) in [5, 5.41) is 46.0. The van der Waals surface area contributed by atoms with Gasteiger partial charge in [-0.1, -0.05) is 30.9 Å². The number of rotatable bonds is 12. The Kier molecular flexibility index (Phi) is 8.74. The fourth-order valence-corrected chi connectivity index (χ4v) is 4.07. The molecule has 3 atom stereocenters. The van der Waals surface area contributed by atoms with Gasteiger partial charge in [-0.2, -0.15) is 0 Å². The number of benzene rings is 1. The SMILES string of the molecule is O=[N+]([O-])c1cc(-n2ccnn2)ccc1NCCCCCC[N-]C1CC(CO)C[C@H](O)C1. The molecule has 1 heterocycles. The highest BCUT2D eigenvalue weighted by molar-refractivity contribution is 5.65. The Balaban J connectivity index is 1.33. The summed E-state index contributed by atoms with van der Waals surface area (Å²) >= 11 is 0. The summed E-state index contributed by atoms with van der Waals surface area (Å²) in [5.74, 6) is 0.165. The molecule has 1 aliphatic rings. The molecule has 10 heteroatoms. The third kappa shape index (κ3) is 6.98. The van der Waals surface area contributed by atoms with Gasteiger partial charge in [-0.05, 0) is 37.3 Å². The highest BCUT2D eigenvalue weighted by atomic mass is 16.6. The Labute approximate surface area is 181 Å². The maximum absolute atomic E-state index is 11.4. The molecule has 1 saturated carbocycles. The number of hydrogen-bond donors (Lipinski definition) is 3. The van der Waals surface area contributed by atoms with Gasteiger partial charge in [-0.15, -0.1) is 17.7 Å². The number of hydrogen-bond acceptors (Lipinski definition) is 7. The zero-order chi connectivity index (χ0) is 22.1. The molecule has 3 rings (SSSR count). The van der Waals surface area contributed by atoms with Crippen molar-refractivity contribution in [2.24, 2.45) is 5.92 Å². The number of nitrogens with one attached hydrogen (secondary N) is 1. The van der Waals surface area contributed by atoms with Crippen molar-refractivity contribution in [3.63, 3.8) is 0 Å². The topological polar surface area (TPSA) is 140 Å². The third-order valence-corrected chi connectivity index (χ3v) is 5.67. The first-order valence-electron chi connectivity index (χ1n) is 10.9. The molecule has 1 fully saturated rings. The molecule has 0 spiro atoms. The minimum atomic E-state index is -0.395. The van der Waals surface area contributed by atoms with Crippen molar-refractivity contribution in [3.8, 4) is 5.69 Å². The lowest BCUT2D eigenvalue weighted by molar-refractivity contribution is -0.383. The van der Waals surface area contributed by atoms with Crippen LogP contribution in [0.15, 0.2) is 30.6 Å². The predicted molar refractivity (Wildman–Crippen MR) is 117 cm³/mol. The molecule has 0 bridgehead atoms. The quantitative estimate of drug-likeness (QED) is 0.266. The second kappa shape index (κ2) is 11.7. The Morgan fingerprint density at radius 2 is 2.06 bits per heavy atom. The number of nitrogens with zero attached hydrogens (tertiary/aromatic N) is 5. The van der Waals surface area contributed by atoms with E-state index in [0.29, 0.717) is 30.8 Å². The van der Waals surface area contributed by atoms with E-state index in [2.05, 4.69) is 20.9 Å². The van der Waals surface area contributed by atoms with Crippen LogP contribution in [-0.4, -0.2) is 62.0 Å². The van der Waals surface area contributed by atoms with Crippen LogP contribution < -0.4 is 5.32 Å². The fraction of sp³-hybridized carbons (Fsp3) is 0.619. The molecule has 170 valence electrons. The van der Waals surface area contributed by atoms with Crippen molar-refractivity contribution < 1.29 is 15.1 Å². The lowest BCUT2D eigenvalue weighted by atomic mass is 9.84. The molecular weight excluding hydrogens is 400 g/mol. The zero-order valence-electron chi connectivity index (χ0n) is 17.6. The molecule has 1 aliphatic carbocycles. The molecule has 0 saturated heterocycles. The molecule has 0 aliphatic heterocycles. The van der Waals surface area contributed by atoms with E-state index in [0.717, 1.165) is 38.6 Å². The molecular formula is C21H31N6O4-. The van der Waals surface area contributed by atoms with Gasteiger partial charge in [-0.25, -0.2) is 4.68 Å². The van der Waals surface area contributed by atoms with Gasteiger partial charge in [-0.3, -0.25) is 10.1 Å². The van der Waals surface area contributed by atoms with E-state index in [4.69, 9.17) is 0 Å². The molecule has 1 aromatic carbocycles. The van der Waals surface area contributed by atoms with Gasteiger partial charge >= 0.3 is 0 Å². The first-order valence-corrected chi connectivity index (χ1v) is 10.9. The summed E-state index contributed by atoms with van der Waals surface area (Å²) in [7, 11) is 0. The Morgan fingerprint density at radius 3 is 2.81 bits per heavy atom. The second-order valence-corrected chi connectivity index (χ2v) is 8.12. The lowest BCUT2D eigenvalue weighted by Crippen LogP contribution is -2.31. The van der Waals surface area contributed by atoms with Crippen LogP contribution in [-0.2, 0) is 0 Å². The van der Waals surface area contributed by atoms with E-state index in [9.17, 15) is 20.3 Å². The van der Waals surface area contributed by atoms with E-state index >= 15 is 0 Å². The first kappa shape index (κ1) is 23.1. The number of nitro benzene ring substituents is 1. The van der Waals surface area contributed by atoms with Crippen LogP contribution in [0, 0.1) is 16.0 Å². The van der Waals surface area contributed by atoms with Gasteiger partial charge in [0.2, 0.25) is 0 Å². The van der Waals surface area contributed by atoms with Crippen LogP contribution in [0.4, 0.5) is 11.4 Å². The average molecular weight is 432 g/mol. The van der Waals surface area contributed by atoms with Crippen molar-refractivity contribution in [3.05, 3.63) is 46.0 Å². The van der Waals surface area contributed by atoms with E-state index < -0.39 is 4.92 Å². The normalized spacial score (nSPS) is 21.2. The van der Waals surface area contributed by atoms with Crippen LogP contribution in [0.5, 0.6) is 0 Å². The molecule has 1 aromatic heterocycles. The fourth-order valence-electron chi connectivity index (χ4n) is 4.07. The third-order valence-electron chi connectivity index (χ3n) is 5.67. The molecule has 31 heavy (non-hydrogen) atoms. The maximum Gasteiger partial charge on any atom is 0.294 e. The smallest absolute Gasteiger partial charge is 0.294 e. The number of aliphatic hydroxyl groups excluding tert-OH is 2. The van der Waals surface area contributed by atoms with E-state index in [1.807, 2.05) is 0 Å². The van der Waals surface area contributed by atoms with Crippen LogP contribution >= 0.6 is 0 Å². The number of aromatic nitrogens is 3. The molecule has 10 nitrogen and oxygen atoms in total. The number of anilines is 1. The number of aliphatic hydroxyl groups is 2. The van der Waals surface area contributed by atoms with Crippen LogP contribution in [0.1, 0.15) is 44.9 Å². The van der Waals surface area contributed by atoms with Crippen LogP contribution in [0.25, 0.3) is 11.0 Å². The second-order valence-electron chi connectivity index (χ2n) is 8.12. The summed E-state index contributed by atoms with van der Waals surface area (Å²) in [4.78, 5) is 11.0. The standard InChI is InChI=1S/C21H31N6O4/c28-15-16-11-17(13-19(29)12-16)22-7-3-1-2-4-8-23-20-6-5-18(14-21(20)27(30)31)26-10-9-24-25-26/h5-6,9-10,14,16-17,19,23,28-29H,1-4,7-8,11-13,15H2/q-1/t16?,17?,19-/m0/s1. The van der Waals surface area contributed by atoms with Gasteiger partial charge in [0.15, 0.2) is 0 Å². The molecule has 0 amide bonds. The summed E-state index contributed by atoms with van der Waals surface area (Å²) in [5.41, 5.74) is 1.11. The minimum absolute atomic E-state index is 0.0163. The highest BCUT2D eigenvalue weighted by Crippen LogP contribution is 2.29. The van der Waals surface area contributed by atoms with Gasteiger partial charge in [0.25, 0.3) is 5.69 Å². The van der Waals surface area contributed by atoms with Crippen molar-refractivity contribution >= 4 is 11.4 Å². The van der Waals surface area contributed by atoms with Crippen molar-refractivity contribution in [1.82, 2.24) is 15.0 Å². The Hall–Kier alpha value is -2.56. The first-order chi connectivity index (χ1) is 15.1. The van der Waals surface area contributed by atoms with Crippen molar-refractivity contribution in [2.75, 3.05) is 25.0 Å². The Bertz CT molecular complexity index is 816. The summed E-state index contributed by atoms with van der Waals surface area (Å²) in [6.07, 6.45) is 9.02. The van der Waals surface area contributed by atoms with Gasteiger partial charge in [0.05, 0.1) is 29.1 Å². The monoisotopic (exact) mass is 431 g/mol. The van der Waals surface area contributed by atoms with E-state index in [1.165, 1.54) is 16.9 Å². The van der Waals surface area contributed by atoms with Gasteiger partial charge in [0, 0.05) is 19.2 Å². The maximum atomic E-state index is 11.4. The highest BCUT2D eigenvalue weighted by Gasteiger charge is 2.22. The van der Waals surface area contributed by atoms with Crippen LogP contribution in [0.2, 0.25) is 0 Å². The summed E-state index contributed by atoms with van der Waals surface area (Å²) in [6.45, 7) is 1.56. The number of unbranched alkanes of at least 4 members (excludes halogenated alkanes) is 3. The predicted octanol–water partition coefficient (Wildman–Crippen LogP) is 3.04. The minimum Gasteiger partial charge on any atom is -0.659 e. The van der Waals surface area contributed by atoms with Crippen molar-refractivity contribution in [1.29, 1.82) is 0 Å². The van der Waals surface area contributed by atoms with Gasteiger partial charge in [0.1, 0.15) is 5.69 Å². The zero-order valence-corrected chi connectivity index (χ0v) is 17.6. The van der Waals surface area contributed by atoms with Gasteiger partial charge < -0.3 is 20.8 Å². The van der Waals surface area contributed by atoms with Crippen LogP contribution in [0.3, 0.4) is 0 Å². The summed E-state index contributed by atoms with van der Waals surface area (Å²) in [6, 6.07) is 5.12. The lowest BCUT2D eigenvalue weighted by Gasteiger charge is -2.40. The molecule has 2 aromatic rings. The summed E-state index contributed by atoms with van der Waals surface area (Å²) < 4.78 is 1.49.